The summed E-state index contributed by atoms with van der Waals surface area (Å²) in [4.78, 5) is 11.8. The Balaban J connectivity index is 2.10. The van der Waals surface area contributed by atoms with Gasteiger partial charge in [0, 0.05) is 11.3 Å². The molecule has 1 aliphatic heterocycles. The van der Waals surface area contributed by atoms with Crippen LogP contribution in [-0.4, -0.2) is 5.91 Å². The van der Waals surface area contributed by atoms with E-state index in [-0.39, 0.29) is 5.91 Å². The standard InChI is InChI=1S/C16H16N2O/c1-10-3-5-11(6-4-10)12-7-8-14-13(9-12)16(2,17)15(19)18-14/h3-9H,17H2,1-2H3,(H,18,19)/t16-/m1/s1. The molecule has 1 amide bonds. The number of amides is 1. The Morgan fingerprint density at radius 1 is 1.05 bits per heavy atom. The van der Waals surface area contributed by atoms with E-state index in [1.165, 1.54) is 5.56 Å². The summed E-state index contributed by atoms with van der Waals surface area (Å²) in [6, 6.07) is 14.2. The van der Waals surface area contributed by atoms with Gasteiger partial charge in [0.25, 0.3) is 0 Å². The van der Waals surface area contributed by atoms with Crippen LogP contribution in [0.25, 0.3) is 11.1 Å². The summed E-state index contributed by atoms with van der Waals surface area (Å²) >= 11 is 0. The number of nitrogens with two attached hydrogens (primary N) is 1. The van der Waals surface area contributed by atoms with Crippen molar-refractivity contribution in [3.05, 3.63) is 53.6 Å². The van der Waals surface area contributed by atoms with Crippen LogP contribution >= 0.6 is 0 Å². The Morgan fingerprint density at radius 3 is 2.37 bits per heavy atom. The van der Waals surface area contributed by atoms with Crippen molar-refractivity contribution >= 4 is 11.6 Å². The maximum Gasteiger partial charge on any atom is 0.248 e. The fraction of sp³-hybridized carbons (Fsp3) is 0.188. The largest absolute Gasteiger partial charge is 0.324 e. The molecule has 1 aliphatic rings. The van der Waals surface area contributed by atoms with Gasteiger partial charge in [-0.2, -0.15) is 0 Å². The van der Waals surface area contributed by atoms with E-state index in [0.29, 0.717) is 0 Å². The molecule has 0 saturated heterocycles. The summed E-state index contributed by atoms with van der Waals surface area (Å²) in [6.45, 7) is 3.80. The molecule has 3 rings (SSSR count). The maximum atomic E-state index is 11.8. The van der Waals surface area contributed by atoms with Crippen LogP contribution in [0.15, 0.2) is 42.5 Å². The number of benzene rings is 2. The van der Waals surface area contributed by atoms with Crippen molar-refractivity contribution < 1.29 is 4.79 Å². The van der Waals surface area contributed by atoms with Crippen molar-refractivity contribution in [3.8, 4) is 11.1 Å². The van der Waals surface area contributed by atoms with Crippen LogP contribution in [0.4, 0.5) is 5.69 Å². The molecule has 96 valence electrons. The molecule has 0 aromatic heterocycles. The molecule has 3 heteroatoms. The molecule has 0 unspecified atom stereocenters. The van der Waals surface area contributed by atoms with Crippen molar-refractivity contribution in [2.75, 3.05) is 5.32 Å². The number of carbonyl (C=O) groups excluding carboxylic acids is 1. The fourth-order valence-electron chi connectivity index (χ4n) is 2.38. The minimum atomic E-state index is -0.948. The second-order valence-corrected chi connectivity index (χ2v) is 5.28. The molecule has 0 fully saturated rings. The van der Waals surface area contributed by atoms with Gasteiger partial charge in [0.05, 0.1) is 0 Å². The molecular formula is C16H16N2O. The summed E-state index contributed by atoms with van der Waals surface area (Å²) in [5.41, 5.74) is 10.2. The molecule has 0 saturated carbocycles. The summed E-state index contributed by atoms with van der Waals surface area (Å²) in [5, 5.41) is 2.81. The number of anilines is 1. The zero-order valence-electron chi connectivity index (χ0n) is 11.0. The van der Waals surface area contributed by atoms with E-state index in [4.69, 9.17) is 5.73 Å². The van der Waals surface area contributed by atoms with Crippen molar-refractivity contribution in [3.63, 3.8) is 0 Å². The minimum Gasteiger partial charge on any atom is -0.324 e. The van der Waals surface area contributed by atoms with Gasteiger partial charge >= 0.3 is 0 Å². The zero-order chi connectivity index (χ0) is 13.6. The van der Waals surface area contributed by atoms with E-state index >= 15 is 0 Å². The van der Waals surface area contributed by atoms with Crippen molar-refractivity contribution in [1.82, 2.24) is 0 Å². The average Bonchev–Trinajstić information content (AvgIpc) is 2.61. The smallest absolute Gasteiger partial charge is 0.248 e. The van der Waals surface area contributed by atoms with Crippen molar-refractivity contribution in [1.29, 1.82) is 0 Å². The predicted molar refractivity (Wildman–Crippen MR) is 76.8 cm³/mol. The molecule has 2 aromatic rings. The van der Waals surface area contributed by atoms with Gasteiger partial charge in [-0.25, -0.2) is 0 Å². The molecule has 0 bridgehead atoms. The third-order valence-corrected chi connectivity index (χ3v) is 3.68. The lowest BCUT2D eigenvalue weighted by atomic mass is 9.92. The summed E-state index contributed by atoms with van der Waals surface area (Å²) in [5.74, 6) is -0.149. The topological polar surface area (TPSA) is 55.1 Å². The van der Waals surface area contributed by atoms with Crippen molar-refractivity contribution in [2.45, 2.75) is 19.4 Å². The van der Waals surface area contributed by atoms with Gasteiger partial charge in [0.2, 0.25) is 5.91 Å². The van der Waals surface area contributed by atoms with Gasteiger partial charge in [-0.05, 0) is 37.1 Å². The van der Waals surface area contributed by atoms with Gasteiger partial charge < -0.3 is 11.1 Å². The van der Waals surface area contributed by atoms with Crippen LogP contribution in [0, 0.1) is 6.92 Å². The van der Waals surface area contributed by atoms with E-state index in [0.717, 1.165) is 22.4 Å². The van der Waals surface area contributed by atoms with E-state index < -0.39 is 5.54 Å². The second kappa shape index (κ2) is 3.93. The average molecular weight is 252 g/mol. The molecule has 0 spiro atoms. The number of rotatable bonds is 1. The highest BCUT2D eigenvalue weighted by molar-refractivity contribution is 6.05. The minimum absolute atomic E-state index is 0.149. The molecule has 19 heavy (non-hydrogen) atoms. The number of carbonyl (C=O) groups is 1. The molecule has 3 nitrogen and oxygen atoms in total. The Bertz CT molecular complexity index is 657. The number of nitrogens with one attached hydrogen (secondary N) is 1. The van der Waals surface area contributed by atoms with E-state index in [1.807, 2.05) is 18.2 Å². The van der Waals surface area contributed by atoms with E-state index in [2.05, 4.69) is 36.5 Å². The van der Waals surface area contributed by atoms with Crippen molar-refractivity contribution in [2.24, 2.45) is 5.73 Å². The Hall–Kier alpha value is -2.13. The van der Waals surface area contributed by atoms with Crippen LogP contribution in [0.2, 0.25) is 0 Å². The van der Waals surface area contributed by atoms with E-state index in [1.54, 1.807) is 6.92 Å². The third kappa shape index (κ3) is 1.83. The highest BCUT2D eigenvalue weighted by atomic mass is 16.2. The Morgan fingerprint density at radius 2 is 1.68 bits per heavy atom. The molecular weight excluding hydrogens is 236 g/mol. The fourth-order valence-corrected chi connectivity index (χ4v) is 2.38. The van der Waals surface area contributed by atoms with Crippen LogP contribution in [-0.2, 0) is 10.3 Å². The molecule has 0 aliphatic carbocycles. The molecule has 3 N–H and O–H groups in total. The van der Waals surface area contributed by atoms with Crippen LogP contribution in [0.5, 0.6) is 0 Å². The van der Waals surface area contributed by atoms with Crippen LogP contribution in [0.1, 0.15) is 18.1 Å². The predicted octanol–water partition coefficient (Wildman–Crippen LogP) is 2.79. The van der Waals surface area contributed by atoms with Gasteiger partial charge in [-0.15, -0.1) is 0 Å². The lowest BCUT2D eigenvalue weighted by Crippen LogP contribution is -2.40. The second-order valence-electron chi connectivity index (χ2n) is 5.28. The molecule has 1 heterocycles. The molecule has 1 atom stereocenters. The van der Waals surface area contributed by atoms with Crippen LogP contribution < -0.4 is 11.1 Å². The lowest BCUT2D eigenvalue weighted by molar-refractivity contribution is -0.120. The summed E-state index contributed by atoms with van der Waals surface area (Å²) in [7, 11) is 0. The van der Waals surface area contributed by atoms with Crippen LogP contribution in [0.3, 0.4) is 0 Å². The normalized spacial score (nSPS) is 21.1. The first kappa shape index (κ1) is 11.9. The quantitative estimate of drug-likeness (QED) is 0.820. The van der Waals surface area contributed by atoms with Gasteiger partial charge in [-0.3, -0.25) is 4.79 Å². The first-order chi connectivity index (χ1) is 8.98. The van der Waals surface area contributed by atoms with E-state index in [9.17, 15) is 4.79 Å². The maximum absolute atomic E-state index is 11.8. The SMILES string of the molecule is Cc1ccc(-c2ccc3c(c2)[C@@](C)(N)C(=O)N3)cc1. The highest BCUT2D eigenvalue weighted by Crippen LogP contribution is 2.36. The number of hydrogen-bond donors (Lipinski definition) is 2. The first-order valence-corrected chi connectivity index (χ1v) is 6.30. The number of fused-ring (bicyclic) bond motifs is 1. The Labute approximate surface area is 112 Å². The molecule has 0 radical (unpaired) electrons. The third-order valence-electron chi connectivity index (χ3n) is 3.68. The van der Waals surface area contributed by atoms with Gasteiger partial charge in [0.15, 0.2) is 0 Å². The Kier molecular flexibility index (Phi) is 2.47. The number of aryl methyl sites for hydroxylation is 1. The zero-order valence-corrected chi connectivity index (χ0v) is 11.0. The lowest BCUT2D eigenvalue weighted by Gasteiger charge is -2.16. The summed E-state index contributed by atoms with van der Waals surface area (Å²) < 4.78 is 0. The number of hydrogen-bond acceptors (Lipinski definition) is 2. The van der Waals surface area contributed by atoms with Gasteiger partial charge in [-0.1, -0.05) is 35.9 Å². The van der Waals surface area contributed by atoms with Gasteiger partial charge in [0.1, 0.15) is 5.54 Å². The highest BCUT2D eigenvalue weighted by Gasteiger charge is 2.39. The molecule has 2 aromatic carbocycles. The monoisotopic (exact) mass is 252 g/mol. The first-order valence-electron chi connectivity index (χ1n) is 6.30. The summed E-state index contributed by atoms with van der Waals surface area (Å²) in [6.07, 6.45) is 0.